The van der Waals surface area contributed by atoms with E-state index in [4.69, 9.17) is 0 Å². The van der Waals surface area contributed by atoms with E-state index in [0.29, 0.717) is 5.92 Å². The van der Waals surface area contributed by atoms with Gasteiger partial charge in [-0.05, 0) is 37.3 Å². The molecule has 1 aromatic rings. The van der Waals surface area contributed by atoms with Crippen LogP contribution in [0.4, 0.5) is 8.78 Å². The lowest BCUT2D eigenvalue weighted by Crippen LogP contribution is -2.30. The average molecular weight is 266 g/mol. The third-order valence-corrected chi connectivity index (χ3v) is 4.02. The average Bonchev–Trinajstić information content (AvgIpc) is 2.77. The first-order valence-electron chi connectivity index (χ1n) is 6.94. The highest BCUT2D eigenvalue weighted by Gasteiger charge is 2.42. The summed E-state index contributed by atoms with van der Waals surface area (Å²) >= 11 is 0. The Morgan fingerprint density at radius 2 is 1.89 bits per heavy atom. The Bertz CT molecular complexity index is 474. The molecule has 1 aliphatic rings. The normalized spacial score (nSPS) is 17.9. The second kappa shape index (κ2) is 5.40. The Morgan fingerprint density at radius 1 is 1.26 bits per heavy atom. The quantitative estimate of drug-likeness (QED) is 0.718. The zero-order valence-corrected chi connectivity index (χ0v) is 11.5. The molecule has 0 amide bonds. The van der Waals surface area contributed by atoms with Crippen LogP contribution in [-0.2, 0) is 0 Å². The number of Topliss-reactive ketones (excluding diaryl/α,β-unsaturated/α-hetero) is 1. The maximum atomic E-state index is 13.8. The van der Waals surface area contributed by atoms with E-state index in [9.17, 15) is 13.6 Å². The van der Waals surface area contributed by atoms with Gasteiger partial charge in [0, 0.05) is 11.5 Å². The van der Waals surface area contributed by atoms with E-state index in [0.717, 1.165) is 44.2 Å². The topological polar surface area (TPSA) is 17.1 Å². The lowest BCUT2D eigenvalue weighted by Gasteiger charge is -2.29. The highest BCUT2D eigenvalue weighted by molar-refractivity contribution is 6.00. The van der Waals surface area contributed by atoms with Crippen molar-refractivity contribution in [2.24, 2.45) is 11.3 Å². The van der Waals surface area contributed by atoms with Gasteiger partial charge >= 0.3 is 0 Å². The molecule has 1 fully saturated rings. The first kappa shape index (κ1) is 14.2. The summed E-state index contributed by atoms with van der Waals surface area (Å²) in [5.41, 5.74) is -0.392. The maximum absolute atomic E-state index is 13.8. The van der Waals surface area contributed by atoms with Gasteiger partial charge in [-0.15, -0.1) is 0 Å². The fourth-order valence-electron chi connectivity index (χ4n) is 3.32. The van der Waals surface area contributed by atoms with Crippen molar-refractivity contribution in [3.63, 3.8) is 0 Å². The number of ketones is 1. The van der Waals surface area contributed by atoms with Crippen LogP contribution in [0.2, 0.25) is 0 Å². The molecular formula is C16H20F2O. The van der Waals surface area contributed by atoms with Crippen LogP contribution in [0, 0.1) is 23.0 Å². The predicted molar refractivity (Wildman–Crippen MR) is 71.0 cm³/mol. The zero-order valence-electron chi connectivity index (χ0n) is 11.5. The molecule has 2 rings (SSSR count). The van der Waals surface area contributed by atoms with E-state index < -0.39 is 17.0 Å². The van der Waals surface area contributed by atoms with Gasteiger partial charge < -0.3 is 0 Å². The summed E-state index contributed by atoms with van der Waals surface area (Å²) in [4.78, 5) is 12.7. The van der Waals surface area contributed by atoms with Crippen molar-refractivity contribution in [1.29, 1.82) is 0 Å². The number of carbonyl (C=O) groups excluding carboxylic acids is 1. The van der Waals surface area contributed by atoms with Gasteiger partial charge in [0.25, 0.3) is 0 Å². The number of halogens is 2. The minimum Gasteiger partial charge on any atom is -0.293 e. The van der Waals surface area contributed by atoms with Crippen molar-refractivity contribution in [2.75, 3.05) is 0 Å². The number of hydrogen-bond acceptors (Lipinski definition) is 1. The van der Waals surface area contributed by atoms with Crippen molar-refractivity contribution in [3.8, 4) is 0 Å². The molecule has 0 aliphatic heterocycles. The minimum absolute atomic E-state index is 0.0453. The summed E-state index contributed by atoms with van der Waals surface area (Å²) in [6.45, 7) is 4.16. The molecule has 19 heavy (non-hydrogen) atoms. The molecular weight excluding hydrogens is 246 g/mol. The molecule has 0 saturated heterocycles. The van der Waals surface area contributed by atoms with Crippen molar-refractivity contribution in [2.45, 2.75) is 46.0 Å². The Labute approximate surface area is 113 Å². The SMILES string of the molecule is CC(C)CC1(C(=O)c2ccc(F)cc2F)CCCC1. The highest BCUT2D eigenvalue weighted by Crippen LogP contribution is 2.45. The smallest absolute Gasteiger partial charge is 0.171 e. The molecule has 0 N–H and O–H groups in total. The maximum Gasteiger partial charge on any atom is 0.171 e. The zero-order chi connectivity index (χ0) is 14.0. The third-order valence-electron chi connectivity index (χ3n) is 4.02. The second-order valence-electron chi connectivity index (χ2n) is 6.04. The van der Waals surface area contributed by atoms with Crippen LogP contribution in [0.15, 0.2) is 18.2 Å². The summed E-state index contributed by atoms with van der Waals surface area (Å²) in [7, 11) is 0. The van der Waals surface area contributed by atoms with Crippen LogP contribution < -0.4 is 0 Å². The molecule has 0 spiro atoms. The molecule has 1 aliphatic carbocycles. The molecule has 0 radical (unpaired) electrons. The van der Waals surface area contributed by atoms with E-state index >= 15 is 0 Å². The summed E-state index contributed by atoms with van der Waals surface area (Å²) in [6, 6.07) is 3.24. The van der Waals surface area contributed by atoms with Gasteiger partial charge in [0.15, 0.2) is 5.78 Å². The lowest BCUT2D eigenvalue weighted by atomic mass is 9.73. The summed E-state index contributed by atoms with van der Waals surface area (Å²) in [5, 5.41) is 0. The van der Waals surface area contributed by atoms with E-state index in [2.05, 4.69) is 13.8 Å². The van der Waals surface area contributed by atoms with Crippen LogP contribution in [0.1, 0.15) is 56.3 Å². The van der Waals surface area contributed by atoms with Crippen LogP contribution in [0.5, 0.6) is 0 Å². The largest absolute Gasteiger partial charge is 0.293 e. The molecule has 104 valence electrons. The molecule has 3 heteroatoms. The first-order valence-corrected chi connectivity index (χ1v) is 6.94. The Hall–Kier alpha value is -1.25. The number of benzene rings is 1. The van der Waals surface area contributed by atoms with Crippen molar-refractivity contribution in [3.05, 3.63) is 35.4 Å². The minimum atomic E-state index is -0.736. The van der Waals surface area contributed by atoms with Gasteiger partial charge in [-0.1, -0.05) is 26.7 Å². The standard InChI is InChI=1S/C16H20F2O/c1-11(2)10-16(7-3-4-8-16)15(19)13-6-5-12(17)9-14(13)18/h5-6,9,11H,3-4,7-8,10H2,1-2H3. The fourth-order valence-corrected chi connectivity index (χ4v) is 3.32. The Kier molecular flexibility index (Phi) is 4.02. The number of rotatable bonds is 4. The molecule has 1 saturated carbocycles. The highest BCUT2D eigenvalue weighted by atomic mass is 19.1. The van der Waals surface area contributed by atoms with Crippen LogP contribution in [0.3, 0.4) is 0 Å². The molecule has 1 aromatic carbocycles. The van der Waals surface area contributed by atoms with Gasteiger partial charge in [0.05, 0.1) is 5.56 Å². The molecule has 0 heterocycles. The lowest BCUT2D eigenvalue weighted by molar-refractivity contribution is 0.0755. The molecule has 1 nitrogen and oxygen atoms in total. The Morgan fingerprint density at radius 3 is 2.42 bits per heavy atom. The van der Waals surface area contributed by atoms with E-state index in [1.54, 1.807) is 0 Å². The second-order valence-corrected chi connectivity index (χ2v) is 6.04. The van der Waals surface area contributed by atoms with E-state index in [1.807, 2.05) is 0 Å². The van der Waals surface area contributed by atoms with Crippen LogP contribution >= 0.6 is 0 Å². The van der Waals surface area contributed by atoms with Crippen LogP contribution in [-0.4, -0.2) is 5.78 Å². The van der Waals surface area contributed by atoms with Gasteiger partial charge in [-0.2, -0.15) is 0 Å². The first-order chi connectivity index (χ1) is 8.94. The van der Waals surface area contributed by atoms with Crippen LogP contribution in [0.25, 0.3) is 0 Å². The third kappa shape index (κ3) is 2.85. The molecule has 0 atom stereocenters. The predicted octanol–water partition coefficient (Wildman–Crippen LogP) is 4.75. The number of carbonyl (C=O) groups is 1. The number of hydrogen-bond donors (Lipinski definition) is 0. The summed E-state index contributed by atoms with van der Waals surface area (Å²) < 4.78 is 26.7. The Balaban J connectivity index is 2.34. The molecule has 0 unspecified atom stereocenters. The fraction of sp³-hybridized carbons (Fsp3) is 0.562. The van der Waals surface area contributed by atoms with E-state index in [-0.39, 0.29) is 11.3 Å². The van der Waals surface area contributed by atoms with Gasteiger partial charge in [0.1, 0.15) is 11.6 Å². The summed E-state index contributed by atoms with van der Waals surface area (Å²) in [5.74, 6) is -1.12. The van der Waals surface area contributed by atoms with Gasteiger partial charge in [-0.3, -0.25) is 4.79 Å². The van der Waals surface area contributed by atoms with Crippen molar-refractivity contribution < 1.29 is 13.6 Å². The molecule has 0 aromatic heterocycles. The summed E-state index contributed by atoms with van der Waals surface area (Å²) in [6.07, 6.45) is 4.45. The monoisotopic (exact) mass is 266 g/mol. The van der Waals surface area contributed by atoms with E-state index in [1.165, 1.54) is 6.07 Å². The van der Waals surface area contributed by atoms with Crippen molar-refractivity contribution in [1.82, 2.24) is 0 Å². The molecule has 0 bridgehead atoms. The van der Waals surface area contributed by atoms with Gasteiger partial charge in [-0.25, -0.2) is 8.78 Å². The van der Waals surface area contributed by atoms with Crippen molar-refractivity contribution >= 4 is 5.78 Å². The van der Waals surface area contributed by atoms with Gasteiger partial charge in [0.2, 0.25) is 0 Å².